The molecular weight excluding hydrogens is 400 g/mol. The Morgan fingerprint density at radius 3 is 1.57 bits per heavy atom. The molecule has 8 heteroatoms. The number of hydrogen-bond donors (Lipinski definition) is 0. The molecule has 2 rings (SSSR count). The summed E-state index contributed by atoms with van der Waals surface area (Å²) in [5.41, 5.74) is 0. The molecule has 0 aliphatic rings. The SMILES string of the molecule is CCOC(=O)COc1cccc(SSc2cccc(OCC(=O)OCC)c2)c1. The van der Waals surface area contributed by atoms with Crippen molar-refractivity contribution < 1.29 is 28.5 Å². The second kappa shape index (κ2) is 12.2. The summed E-state index contributed by atoms with van der Waals surface area (Å²) in [7, 11) is 3.09. The maximum atomic E-state index is 11.4. The summed E-state index contributed by atoms with van der Waals surface area (Å²) in [6.07, 6.45) is 0. The molecule has 0 atom stereocenters. The second-order valence-corrected chi connectivity index (χ2v) is 7.58. The first-order chi connectivity index (χ1) is 13.6. The minimum atomic E-state index is -0.394. The van der Waals surface area contributed by atoms with Gasteiger partial charge >= 0.3 is 11.9 Å². The van der Waals surface area contributed by atoms with Crippen LogP contribution in [0.5, 0.6) is 11.5 Å². The number of carbonyl (C=O) groups is 2. The molecule has 150 valence electrons. The van der Waals surface area contributed by atoms with Crippen LogP contribution in [0.2, 0.25) is 0 Å². The molecule has 2 aromatic rings. The van der Waals surface area contributed by atoms with Gasteiger partial charge in [0, 0.05) is 9.79 Å². The van der Waals surface area contributed by atoms with Gasteiger partial charge in [-0.1, -0.05) is 33.7 Å². The molecule has 0 amide bonds. The molecule has 28 heavy (non-hydrogen) atoms. The standard InChI is InChI=1S/C20H22O6S2/c1-3-23-19(21)13-25-15-7-5-9-17(11-15)27-28-18-10-6-8-16(12-18)26-14-20(22)24-4-2/h5-12H,3-4,13-14H2,1-2H3. The number of esters is 2. The van der Waals surface area contributed by atoms with Crippen LogP contribution in [0.15, 0.2) is 58.3 Å². The largest absolute Gasteiger partial charge is 0.482 e. The summed E-state index contributed by atoms with van der Waals surface area (Å²) in [4.78, 5) is 24.7. The molecule has 0 saturated heterocycles. The van der Waals surface area contributed by atoms with Crippen LogP contribution in [-0.4, -0.2) is 38.4 Å². The predicted octanol–water partition coefficient (Wildman–Crippen LogP) is 4.37. The second-order valence-electron chi connectivity index (χ2n) is 5.30. The third-order valence-corrected chi connectivity index (χ3v) is 5.55. The minimum Gasteiger partial charge on any atom is -0.482 e. The molecule has 0 N–H and O–H groups in total. The number of hydrogen-bond acceptors (Lipinski definition) is 8. The Morgan fingerprint density at radius 1 is 0.750 bits per heavy atom. The molecule has 0 aromatic heterocycles. The van der Waals surface area contributed by atoms with Crippen LogP contribution < -0.4 is 9.47 Å². The minimum absolute atomic E-state index is 0.116. The fourth-order valence-corrected chi connectivity index (χ4v) is 4.01. The quantitative estimate of drug-likeness (QED) is 0.391. The van der Waals surface area contributed by atoms with Crippen LogP contribution in [0.3, 0.4) is 0 Å². The van der Waals surface area contributed by atoms with Gasteiger partial charge < -0.3 is 18.9 Å². The zero-order valence-corrected chi connectivity index (χ0v) is 17.3. The number of ether oxygens (including phenoxy) is 4. The lowest BCUT2D eigenvalue weighted by atomic mass is 10.3. The lowest BCUT2D eigenvalue weighted by Crippen LogP contribution is -2.14. The van der Waals surface area contributed by atoms with Crippen molar-refractivity contribution >= 4 is 33.5 Å². The van der Waals surface area contributed by atoms with Crippen molar-refractivity contribution in [3.8, 4) is 11.5 Å². The average Bonchev–Trinajstić information content (AvgIpc) is 2.70. The van der Waals surface area contributed by atoms with E-state index in [4.69, 9.17) is 18.9 Å². The van der Waals surface area contributed by atoms with Gasteiger partial charge in [-0.05, 0) is 50.2 Å². The lowest BCUT2D eigenvalue weighted by molar-refractivity contribution is -0.146. The van der Waals surface area contributed by atoms with E-state index >= 15 is 0 Å². The van der Waals surface area contributed by atoms with E-state index in [-0.39, 0.29) is 13.2 Å². The molecule has 0 spiro atoms. The van der Waals surface area contributed by atoms with Gasteiger partial charge in [-0.2, -0.15) is 0 Å². The van der Waals surface area contributed by atoms with Gasteiger partial charge in [0.1, 0.15) is 11.5 Å². The monoisotopic (exact) mass is 422 g/mol. The van der Waals surface area contributed by atoms with Crippen LogP contribution in [0.4, 0.5) is 0 Å². The van der Waals surface area contributed by atoms with Crippen LogP contribution in [-0.2, 0) is 19.1 Å². The fourth-order valence-electron chi connectivity index (χ4n) is 2.02. The van der Waals surface area contributed by atoms with E-state index in [9.17, 15) is 9.59 Å². The van der Waals surface area contributed by atoms with Crippen molar-refractivity contribution in [2.24, 2.45) is 0 Å². The van der Waals surface area contributed by atoms with E-state index in [1.165, 1.54) is 0 Å². The molecule has 0 fully saturated rings. The summed E-state index contributed by atoms with van der Waals surface area (Å²) in [6.45, 7) is 3.94. The van der Waals surface area contributed by atoms with E-state index in [1.807, 2.05) is 36.4 Å². The fraction of sp³-hybridized carbons (Fsp3) is 0.300. The van der Waals surface area contributed by atoms with Crippen LogP contribution in [0, 0.1) is 0 Å². The van der Waals surface area contributed by atoms with Crippen molar-refractivity contribution in [2.45, 2.75) is 23.6 Å². The van der Waals surface area contributed by atoms with Gasteiger partial charge in [0.05, 0.1) is 13.2 Å². The highest BCUT2D eigenvalue weighted by Gasteiger charge is 2.06. The van der Waals surface area contributed by atoms with E-state index in [2.05, 4.69) is 0 Å². The van der Waals surface area contributed by atoms with E-state index in [0.29, 0.717) is 24.7 Å². The molecule has 0 unspecified atom stereocenters. The molecule has 0 bridgehead atoms. The third-order valence-electron chi connectivity index (χ3n) is 3.17. The number of carbonyl (C=O) groups excluding carboxylic acids is 2. The van der Waals surface area contributed by atoms with Gasteiger partial charge in [-0.15, -0.1) is 0 Å². The van der Waals surface area contributed by atoms with Crippen molar-refractivity contribution in [2.75, 3.05) is 26.4 Å². The lowest BCUT2D eigenvalue weighted by Gasteiger charge is -2.08. The first-order valence-electron chi connectivity index (χ1n) is 8.72. The number of benzene rings is 2. The molecule has 6 nitrogen and oxygen atoms in total. The van der Waals surface area contributed by atoms with Crippen LogP contribution >= 0.6 is 21.6 Å². The van der Waals surface area contributed by atoms with Gasteiger partial charge in [0.25, 0.3) is 0 Å². The highest BCUT2D eigenvalue weighted by atomic mass is 33.1. The normalized spacial score (nSPS) is 10.2. The number of rotatable bonds is 11. The predicted molar refractivity (Wildman–Crippen MR) is 109 cm³/mol. The Hall–Kier alpha value is -2.32. The Bertz CT molecular complexity index is 715. The van der Waals surface area contributed by atoms with E-state index < -0.39 is 11.9 Å². The van der Waals surface area contributed by atoms with Crippen molar-refractivity contribution in [3.63, 3.8) is 0 Å². The highest BCUT2D eigenvalue weighted by Crippen LogP contribution is 2.39. The summed E-state index contributed by atoms with van der Waals surface area (Å²) in [5, 5.41) is 0. The Morgan fingerprint density at radius 2 is 1.18 bits per heavy atom. The maximum Gasteiger partial charge on any atom is 0.344 e. The summed E-state index contributed by atoms with van der Waals surface area (Å²) in [6, 6.07) is 14.9. The smallest absolute Gasteiger partial charge is 0.344 e. The summed E-state index contributed by atoms with van der Waals surface area (Å²) in [5.74, 6) is 0.416. The van der Waals surface area contributed by atoms with Gasteiger partial charge in [-0.25, -0.2) is 9.59 Å². The van der Waals surface area contributed by atoms with Crippen molar-refractivity contribution in [1.29, 1.82) is 0 Å². The van der Waals surface area contributed by atoms with Gasteiger partial charge in [0.15, 0.2) is 13.2 Å². The molecule has 0 radical (unpaired) electrons. The zero-order valence-electron chi connectivity index (χ0n) is 15.7. The molecule has 0 heterocycles. The van der Waals surface area contributed by atoms with Crippen LogP contribution in [0.1, 0.15) is 13.8 Å². The Labute approximate surface area is 172 Å². The average molecular weight is 423 g/mol. The van der Waals surface area contributed by atoms with Crippen molar-refractivity contribution in [3.05, 3.63) is 48.5 Å². The first-order valence-corrected chi connectivity index (χ1v) is 10.9. The molecule has 0 aliphatic heterocycles. The maximum absolute atomic E-state index is 11.4. The van der Waals surface area contributed by atoms with E-state index in [0.717, 1.165) is 9.79 Å². The molecule has 2 aromatic carbocycles. The third kappa shape index (κ3) is 8.14. The Kier molecular flexibility index (Phi) is 9.57. The summed E-state index contributed by atoms with van der Waals surface area (Å²) < 4.78 is 20.6. The zero-order chi connectivity index (χ0) is 20.2. The molecule has 0 aliphatic carbocycles. The Balaban J connectivity index is 1.86. The van der Waals surface area contributed by atoms with Crippen molar-refractivity contribution in [1.82, 2.24) is 0 Å². The summed E-state index contributed by atoms with van der Waals surface area (Å²) >= 11 is 0. The molecular formula is C20H22O6S2. The van der Waals surface area contributed by atoms with Gasteiger partial charge in [-0.3, -0.25) is 0 Å². The van der Waals surface area contributed by atoms with Crippen LogP contribution in [0.25, 0.3) is 0 Å². The molecule has 0 saturated carbocycles. The topological polar surface area (TPSA) is 71.1 Å². The highest BCUT2D eigenvalue weighted by molar-refractivity contribution is 8.76. The van der Waals surface area contributed by atoms with Gasteiger partial charge in [0.2, 0.25) is 0 Å². The van der Waals surface area contributed by atoms with E-state index in [1.54, 1.807) is 47.6 Å². The first kappa shape index (κ1) is 22.0.